The average molecular weight is 393 g/mol. The van der Waals surface area contributed by atoms with E-state index in [0.29, 0.717) is 0 Å². The molecule has 0 radical (unpaired) electrons. The molecule has 6 heteroatoms. The van der Waals surface area contributed by atoms with E-state index in [-0.39, 0.29) is 27.1 Å². The zero-order valence-electron chi connectivity index (χ0n) is 10.4. The summed E-state index contributed by atoms with van der Waals surface area (Å²) in [6, 6.07) is 0. The van der Waals surface area contributed by atoms with Gasteiger partial charge >= 0.3 is 0 Å². The Balaban J connectivity index is 2.09. The van der Waals surface area contributed by atoms with E-state index in [1.165, 1.54) is 12.2 Å². The van der Waals surface area contributed by atoms with Crippen LogP contribution in [0.1, 0.15) is 25.7 Å². The first-order valence-corrected chi connectivity index (χ1v) is 7.81. The summed E-state index contributed by atoms with van der Waals surface area (Å²) in [6.45, 7) is 1.51. The minimum Gasteiger partial charge on any atom is -0.381 e. The van der Waals surface area contributed by atoms with Crippen LogP contribution >= 0.6 is 31.9 Å². The van der Waals surface area contributed by atoms with Gasteiger partial charge < -0.3 is 10.0 Å². The fourth-order valence-electron chi connectivity index (χ4n) is 2.33. The molecule has 0 bridgehead atoms. The molecule has 1 aliphatic heterocycles. The van der Waals surface area contributed by atoms with Gasteiger partial charge in [0.25, 0.3) is 0 Å². The fourth-order valence-corrected chi connectivity index (χ4v) is 3.81. The van der Waals surface area contributed by atoms with Crippen LogP contribution in [0.2, 0.25) is 0 Å². The van der Waals surface area contributed by atoms with E-state index in [1.54, 1.807) is 4.90 Å². The molecule has 1 saturated heterocycles. The molecular weight excluding hydrogens is 378 g/mol. The average Bonchev–Trinajstić information content (AvgIpc) is 2.36. The third-order valence-corrected chi connectivity index (χ3v) is 4.51. The van der Waals surface area contributed by atoms with Crippen LogP contribution in [0.25, 0.3) is 0 Å². The molecule has 4 nitrogen and oxygen atoms in total. The molecule has 0 spiro atoms. The molecule has 1 fully saturated rings. The van der Waals surface area contributed by atoms with Gasteiger partial charge in [-0.2, -0.15) is 0 Å². The Labute approximate surface area is 128 Å². The first-order valence-electron chi connectivity index (χ1n) is 6.23. The zero-order valence-corrected chi connectivity index (χ0v) is 13.5. The van der Waals surface area contributed by atoms with E-state index < -0.39 is 5.60 Å². The van der Waals surface area contributed by atoms with E-state index in [0.717, 1.165) is 32.4 Å². The summed E-state index contributed by atoms with van der Waals surface area (Å²) in [5, 5.41) is 10.4. The molecule has 0 unspecified atom stereocenters. The van der Waals surface area contributed by atoms with E-state index in [1.807, 2.05) is 0 Å². The Kier molecular flexibility index (Phi) is 4.63. The number of carbonyl (C=O) groups is 2. The second kappa shape index (κ2) is 5.89. The van der Waals surface area contributed by atoms with E-state index in [4.69, 9.17) is 0 Å². The van der Waals surface area contributed by atoms with Gasteiger partial charge in [0, 0.05) is 13.1 Å². The van der Waals surface area contributed by atoms with E-state index in [2.05, 4.69) is 31.9 Å². The number of Topliss-reactive ketones (excluding diaryl/α,β-unsaturated/α-hetero) is 1. The summed E-state index contributed by atoms with van der Waals surface area (Å²) >= 11 is 6.22. The van der Waals surface area contributed by atoms with Gasteiger partial charge in [0.05, 0.1) is 15.4 Å². The monoisotopic (exact) mass is 391 g/mol. The van der Waals surface area contributed by atoms with Crippen LogP contribution in [0.3, 0.4) is 0 Å². The van der Waals surface area contributed by atoms with Gasteiger partial charge in [-0.3, -0.25) is 9.59 Å². The van der Waals surface area contributed by atoms with Gasteiger partial charge in [0.2, 0.25) is 11.7 Å². The lowest BCUT2D eigenvalue weighted by Crippen LogP contribution is -2.41. The number of ketones is 1. The maximum absolute atomic E-state index is 12.2. The number of piperidine rings is 1. The van der Waals surface area contributed by atoms with Crippen LogP contribution in [0.5, 0.6) is 0 Å². The molecule has 1 aliphatic carbocycles. The number of halogens is 2. The fraction of sp³-hybridized carbons (Fsp3) is 0.538. The molecule has 104 valence electrons. The number of likely N-dealkylation sites (tertiary alicyclic amines) is 1. The molecule has 0 aromatic carbocycles. The number of aliphatic hydroxyl groups is 1. The molecule has 2 aliphatic rings. The van der Waals surface area contributed by atoms with Crippen molar-refractivity contribution < 1.29 is 14.7 Å². The Morgan fingerprint density at radius 2 is 1.74 bits per heavy atom. The van der Waals surface area contributed by atoms with Gasteiger partial charge in [-0.15, -0.1) is 0 Å². The second-order valence-electron chi connectivity index (χ2n) is 4.92. The summed E-state index contributed by atoms with van der Waals surface area (Å²) < 4.78 is 0.548. The minimum atomic E-state index is -1.40. The highest BCUT2D eigenvalue weighted by Crippen LogP contribution is 2.31. The van der Waals surface area contributed by atoms with E-state index >= 15 is 0 Å². The molecule has 0 aromatic rings. The molecule has 1 heterocycles. The standard InChI is InChI=1S/C13H15Br2NO3/c14-9-6-13(19,7-10(15)12(9)18)8-11(17)16-4-2-1-3-5-16/h6-7,19H,1-5,8H2. The Morgan fingerprint density at radius 3 is 2.26 bits per heavy atom. The van der Waals surface area contributed by atoms with Gasteiger partial charge in [-0.05, 0) is 63.3 Å². The quantitative estimate of drug-likeness (QED) is 0.784. The summed E-state index contributed by atoms with van der Waals surface area (Å²) in [6.07, 6.45) is 5.93. The summed E-state index contributed by atoms with van der Waals surface area (Å²) in [4.78, 5) is 25.5. The van der Waals surface area contributed by atoms with Gasteiger partial charge in [-0.1, -0.05) is 0 Å². The third-order valence-electron chi connectivity index (χ3n) is 3.33. The van der Waals surface area contributed by atoms with Crippen molar-refractivity contribution in [3.05, 3.63) is 21.1 Å². The largest absolute Gasteiger partial charge is 0.381 e. The van der Waals surface area contributed by atoms with Crippen LogP contribution < -0.4 is 0 Å². The first-order chi connectivity index (χ1) is 8.91. The minimum absolute atomic E-state index is 0.0372. The molecule has 1 amide bonds. The molecule has 0 saturated carbocycles. The summed E-state index contributed by atoms with van der Waals surface area (Å²) in [5.41, 5.74) is -1.40. The van der Waals surface area contributed by atoms with Gasteiger partial charge in [-0.25, -0.2) is 0 Å². The van der Waals surface area contributed by atoms with Crippen molar-refractivity contribution in [1.29, 1.82) is 0 Å². The lowest BCUT2D eigenvalue weighted by molar-refractivity contribution is -0.135. The van der Waals surface area contributed by atoms with Crippen LogP contribution in [-0.4, -0.2) is 40.4 Å². The molecule has 19 heavy (non-hydrogen) atoms. The predicted octanol–water partition coefficient (Wildman–Crippen LogP) is 2.26. The Morgan fingerprint density at radius 1 is 1.21 bits per heavy atom. The predicted molar refractivity (Wildman–Crippen MR) is 79.0 cm³/mol. The van der Waals surface area contributed by atoms with Crippen molar-refractivity contribution in [3.63, 3.8) is 0 Å². The number of amides is 1. The lowest BCUT2D eigenvalue weighted by atomic mass is 9.93. The topological polar surface area (TPSA) is 57.6 Å². The number of carbonyl (C=O) groups excluding carboxylic acids is 2. The van der Waals surface area contributed by atoms with Crippen LogP contribution in [-0.2, 0) is 9.59 Å². The number of hydrogen-bond donors (Lipinski definition) is 1. The highest BCUT2D eigenvalue weighted by molar-refractivity contribution is 9.13. The molecule has 2 rings (SSSR count). The van der Waals surface area contributed by atoms with Crippen LogP contribution in [0, 0.1) is 0 Å². The van der Waals surface area contributed by atoms with Crippen molar-refractivity contribution >= 4 is 43.6 Å². The Bertz CT molecular complexity index is 443. The van der Waals surface area contributed by atoms with Gasteiger partial charge in [0.15, 0.2) is 0 Å². The molecule has 0 atom stereocenters. The SMILES string of the molecule is O=C1C(Br)=CC(O)(CC(=O)N2CCCCC2)C=C1Br. The normalized spacial score (nSPS) is 22.9. The number of rotatable bonds is 2. The number of hydrogen-bond acceptors (Lipinski definition) is 3. The third kappa shape index (κ3) is 3.55. The second-order valence-corrected chi connectivity index (χ2v) is 6.63. The number of allylic oxidation sites excluding steroid dienone is 2. The zero-order chi connectivity index (χ0) is 14.0. The highest BCUT2D eigenvalue weighted by atomic mass is 79.9. The molecular formula is C13H15Br2NO3. The highest BCUT2D eigenvalue weighted by Gasteiger charge is 2.34. The molecule has 0 aromatic heterocycles. The first kappa shape index (κ1) is 14.9. The van der Waals surface area contributed by atoms with Crippen molar-refractivity contribution in [2.75, 3.05) is 13.1 Å². The van der Waals surface area contributed by atoms with Crippen molar-refractivity contribution in [3.8, 4) is 0 Å². The van der Waals surface area contributed by atoms with E-state index in [9.17, 15) is 14.7 Å². The molecule has 1 N–H and O–H groups in total. The van der Waals surface area contributed by atoms with Crippen molar-refractivity contribution in [2.45, 2.75) is 31.3 Å². The maximum Gasteiger partial charge on any atom is 0.226 e. The van der Waals surface area contributed by atoms with Crippen molar-refractivity contribution in [1.82, 2.24) is 4.90 Å². The maximum atomic E-state index is 12.2. The summed E-state index contributed by atoms with van der Waals surface area (Å²) in [5.74, 6) is -0.306. The van der Waals surface area contributed by atoms with Crippen LogP contribution in [0.4, 0.5) is 0 Å². The van der Waals surface area contributed by atoms with Crippen molar-refractivity contribution in [2.24, 2.45) is 0 Å². The van der Waals surface area contributed by atoms with Crippen LogP contribution in [0.15, 0.2) is 21.1 Å². The Hall–Kier alpha value is -0.460. The van der Waals surface area contributed by atoms with Gasteiger partial charge in [0.1, 0.15) is 5.60 Å². The smallest absolute Gasteiger partial charge is 0.226 e. The number of nitrogens with zero attached hydrogens (tertiary/aromatic N) is 1. The summed E-state index contributed by atoms with van der Waals surface area (Å²) in [7, 11) is 0. The lowest BCUT2D eigenvalue weighted by Gasteiger charge is -2.31.